The van der Waals surface area contributed by atoms with Crippen LogP contribution >= 0.6 is 11.6 Å². The molecule has 1 amide bonds. The summed E-state index contributed by atoms with van der Waals surface area (Å²) in [5, 5.41) is 20.9. The monoisotopic (exact) mass is 285 g/mol. The number of hydrogen-bond acceptors (Lipinski definition) is 3. The maximum atomic E-state index is 11.9. The summed E-state index contributed by atoms with van der Waals surface area (Å²) in [6.07, 6.45) is 0.317. The molecule has 0 bridgehead atoms. The summed E-state index contributed by atoms with van der Waals surface area (Å²) in [6, 6.07) is 2.95. The molecule has 0 fully saturated rings. The number of aromatic hydroxyl groups is 1. The number of carbonyl (C=O) groups is 2. The second kappa shape index (κ2) is 6.43. The minimum absolute atomic E-state index is 0.0525. The molecule has 1 aromatic rings. The van der Waals surface area contributed by atoms with Crippen molar-refractivity contribution >= 4 is 23.5 Å². The second-order valence-corrected chi connectivity index (χ2v) is 5.07. The Hall–Kier alpha value is -1.75. The summed E-state index contributed by atoms with van der Waals surface area (Å²) in [4.78, 5) is 23.0. The van der Waals surface area contributed by atoms with Crippen molar-refractivity contribution in [2.24, 2.45) is 5.92 Å². The normalized spacial score (nSPS) is 12.2. The summed E-state index contributed by atoms with van der Waals surface area (Å²) in [6.45, 7) is 3.73. The van der Waals surface area contributed by atoms with Crippen molar-refractivity contribution in [3.8, 4) is 5.75 Å². The van der Waals surface area contributed by atoms with Gasteiger partial charge in [-0.3, -0.25) is 4.79 Å². The van der Waals surface area contributed by atoms with Gasteiger partial charge in [0.05, 0.1) is 10.6 Å². The molecule has 0 heterocycles. The van der Waals surface area contributed by atoms with Crippen LogP contribution in [-0.4, -0.2) is 28.1 Å². The zero-order valence-corrected chi connectivity index (χ0v) is 11.4. The van der Waals surface area contributed by atoms with Gasteiger partial charge in [-0.05, 0) is 30.5 Å². The molecule has 0 aromatic heterocycles. The third-order valence-electron chi connectivity index (χ3n) is 2.51. The Morgan fingerprint density at radius 1 is 1.37 bits per heavy atom. The third kappa shape index (κ3) is 4.44. The second-order valence-electron chi connectivity index (χ2n) is 4.66. The number of carboxylic acid groups (broad SMARTS) is 1. The van der Waals surface area contributed by atoms with E-state index < -0.39 is 17.9 Å². The van der Waals surface area contributed by atoms with Crippen LogP contribution in [0.2, 0.25) is 5.02 Å². The Kier molecular flexibility index (Phi) is 5.18. The van der Waals surface area contributed by atoms with Crippen molar-refractivity contribution in [3.05, 3.63) is 28.8 Å². The first-order chi connectivity index (χ1) is 8.81. The van der Waals surface area contributed by atoms with Crippen LogP contribution in [0.5, 0.6) is 5.75 Å². The molecule has 0 aliphatic rings. The largest absolute Gasteiger partial charge is 0.508 e. The molecule has 0 spiro atoms. The van der Waals surface area contributed by atoms with Crippen molar-refractivity contribution in [1.29, 1.82) is 0 Å². The van der Waals surface area contributed by atoms with Crippen molar-refractivity contribution < 1.29 is 19.8 Å². The van der Waals surface area contributed by atoms with Crippen LogP contribution < -0.4 is 5.32 Å². The maximum absolute atomic E-state index is 11.9. The average Bonchev–Trinajstić information content (AvgIpc) is 2.30. The van der Waals surface area contributed by atoms with Crippen molar-refractivity contribution in [1.82, 2.24) is 5.32 Å². The van der Waals surface area contributed by atoms with Crippen molar-refractivity contribution in [2.75, 3.05) is 0 Å². The van der Waals surface area contributed by atoms with E-state index in [0.29, 0.717) is 6.42 Å². The zero-order valence-electron chi connectivity index (χ0n) is 10.7. The van der Waals surface area contributed by atoms with Crippen LogP contribution in [0.4, 0.5) is 0 Å². The predicted octanol–water partition coefficient (Wildman–Crippen LogP) is 2.27. The molecule has 19 heavy (non-hydrogen) atoms. The van der Waals surface area contributed by atoms with Crippen molar-refractivity contribution in [3.63, 3.8) is 0 Å². The lowest BCUT2D eigenvalue weighted by Crippen LogP contribution is -2.41. The lowest BCUT2D eigenvalue weighted by Gasteiger charge is -2.16. The van der Waals surface area contributed by atoms with Crippen LogP contribution in [0.25, 0.3) is 0 Å². The van der Waals surface area contributed by atoms with Crippen LogP contribution in [-0.2, 0) is 4.79 Å². The molecule has 1 rings (SSSR count). The quantitative estimate of drug-likeness (QED) is 0.774. The molecule has 0 aliphatic carbocycles. The van der Waals surface area contributed by atoms with Crippen LogP contribution in [0.15, 0.2) is 18.2 Å². The van der Waals surface area contributed by atoms with E-state index in [1.165, 1.54) is 18.2 Å². The van der Waals surface area contributed by atoms with E-state index in [0.717, 1.165) is 0 Å². The number of phenols is 1. The highest BCUT2D eigenvalue weighted by atomic mass is 35.5. The summed E-state index contributed by atoms with van der Waals surface area (Å²) < 4.78 is 0. The molecule has 1 aromatic carbocycles. The highest BCUT2D eigenvalue weighted by Crippen LogP contribution is 2.21. The number of carboxylic acids is 1. The summed E-state index contributed by atoms with van der Waals surface area (Å²) >= 11 is 5.84. The van der Waals surface area contributed by atoms with Crippen LogP contribution in [0.3, 0.4) is 0 Å². The molecule has 0 unspecified atom stereocenters. The number of nitrogens with one attached hydrogen (secondary N) is 1. The Balaban J connectivity index is 2.87. The van der Waals surface area contributed by atoms with E-state index in [1.807, 2.05) is 13.8 Å². The van der Waals surface area contributed by atoms with E-state index in [9.17, 15) is 14.7 Å². The smallest absolute Gasteiger partial charge is 0.326 e. The number of halogens is 1. The molecule has 0 aliphatic heterocycles. The molecule has 3 N–H and O–H groups in total. The van der Waals surface area contributed by atoms with Crippen molar-refractivity contribution in [2.45, 2.75) is 26.3 Å². The first-order valence-electron chi connectivity index (χ1n) is 5.83. The molecule has 0 radical (unpaired) electrons. The van der Waals surface area contributed by atoms with Gasteiger partial charge in [0, 0.05) is 0 Å². The highest BCUT2D eigenvalue weighted by molar-refractivity contribution is 6.33. The van der Waals surface area contributed by atoms with E-state index in [1.54, 1.807) is 0 Å². The third-order valence-corrected chi connectivity index (χ3v) is 2.83. The van der Waals surface area contributed by atoms with Gasteiger partial charge in [-0.25, -0.2) is 4.79 Å². The Morgan fingerprint density at radius 2 is 2.00 bits per heavy atom. The number of amides is 1. The number of carbonyl (C=O) groups excluding carboxylic acids is 1. The maximum Gasteiger partial charge on any atom is 0.326 e. The zero-order chi connectivity index (χ0) is 14.6. The Bertz CT molecular complexity index is 488. The number of rotatable bonds is 5. The Labute approximate surface area is 116 Å². The molecule has 0 saturated carbocycles. The van der Waals surface area contributed by atoms with E-state index >= 15 is 0 Å². The van der Waals surface area contributed by atoms with Gasteiger partial charge < -0.3 is 15.5 Å². The van der Waals surface area contributed by atoms with Gasteiger partial charge in [0.1, 0.15) is 11.8 Å². The number of phenolic OH excluding ortho intramolecular Hbond substituents is 1. The average molecular weight is 286 g/mol. The van der Waals surface area contributed by atoms with E-state index in [4.69, 9.17) is 16.7 Å². The molecule has 6 heteroatoms. The molecular formula is C13H16ClNO4. The summed E-state index contributed by atoms with van der Waals surface area (Å²) in [7, 11) is 0. The van der Waals surface area contributed by atoms with Gasteiger partial charge in [-0.1, -0.05) is 25.4 Å². The summed E-state index contributed by atoms with van der Waals surface area (Å²) in [5.74, 6) is -1.70. The standard InChI is InChI=1S/C13H16ClNO4/c1-7(2)5-11(13(18)19)15-12(17)9-6-8(16)3-4-10(9)14/h3-4,6-7,11,16H,5H2,1-2H3,(H,15,17)(H,18,19)/t11-/m0/s1. The highest BCUT2D eigenvalue weighted by Gasteiger charge is 2.22. The molecule has 104 valence electrons. The van der Waals surface area contributed by atoms with E-state index in [2.05, 4.69) is 5.32 Å². The fourth-order valence-corrected chi connectivity index (χ4v) is 1.82. The molecule has 5 nitrogen and oxygen atoms in total. The van der Waals surface area contributed by atoms with Gasteiger partial charge in [0.15, 0.2) is 0 Å². The molecule has 1 atom stereocenters. The minimum Gasteiger partial charge on any atom is -0.508 e. The predicted molar refractivity (Wildman–Crippen MR) is 71.5 cm³/mol. The first kappa shape index (κ1) is 15.3. The minimum atomic E-state index is -1.10. The summed E-state index contributed by atoms with van der Waals surface area (Å²) in [5.41, 5.74) is 0.0525. The van der Waals surface area contributed by atoms with Crippen LogP contribution in [0.1, 0.15) is 30.6 Å². The topological polar surface area (TPSA) is 86.6 Å². The van der Waals surface area contributed by atoms with Gasteiger partial charge >= 0.3 is 5.97 Å². The number of benzene rings is 1. The van der Waals surface area contributed by atoms with Crippen LogP contribution in [0, 0.1) is 5.92 Å². The lowest BCUT2D eigenvalue weighted by atomic mass is 10.0. The molecular weight excluding hydrogens is 270 g/mol. The number of aliphatic carboxylic acids is 1. The fourth-order valence-electron chi connectivity index (χ4n) is 1.62. The van der Waals surface area contributed by atoms with Gasteiger partial charge in [0.25, 0.3) is 5.91 Å². The molecule has 0 saturated heterocycles. The van der Waals surface area contributed by atoms with E-state index in [-0.39, 0.29) is 22.3 Å². The van der Waals surface area contributed by atoms with Gasteiger partial charge in [-0.15, -0.1) is 0 Å². The fraction of sp³-hybridized carbons (Fsp3) is 0.385. The number of hydrogen-bond donors (Lipinski definition) is 3. The SMILES string of the molecule is CC(C)C[C@H](NC(=O)c1cc(O)ccc1Cl)C(=O)O. The Morgan fingerprint density at radius 3 is 2.53 bits per heavy atom. The van der Waals surface area contributed by atoms with Gasteiger partial charge in [0.2, 0.25) is 0 Å². The van der Waals surface area contributed by atoms with Gasteiger partial charge in [-0.2, -0.15) is 0 Å². The lowest BCUT2D eigenvalue weighted by molar-refractivity contribution is -0.139. The first-order valence-corrected chi connectivity index (χ1v) is 6.21.